The van der Waals surface area contributed by atoms with Gasteiger partial charge in [-0.05, 0) is 42.5 Å². The molecule has 2 aromatic carbocycles. The van der Waals surface area contributed by atoms with Gasteiger partial charge < -0.3 is 5.11 Å². The van der Waals surface area contributed by atoms with Crippen molar-refractivity contribution in [3.63, 3.8) is 0 Å². The number of rotatable bonds is 2. The Balaban J connectivity index is 2.16. The van der Waals surface area contributed by atoms with E-state index in [1.54, 1.807) is 18.2 Å². The van der Waals surface area contributed by atoms with E-state index in [0.717, 1.165) is 17.0 Å². The van der Waals surface area contributed by atoms with Crippen LogP contribution in [-0.4, -0.2) is 5.11 Å². The van der Waals surface area contributed by atoms with E-state index in [0.29, 0.717) is 4.90 Å². The zero-order chi connectivity index (χ0) is 13.2. The van der Waals surface area contributed by atoms with Gasteiger partial charge in [-0.2, -0.15) is 13.2 Å². The average molecular weight is 270 g/mol. The first-order valence-corrected chi connectivity index (χ1v) is 5.91. The smallest absolute Gasteiger partial charge is 0.416 e. The van der Waals surface area contributed by atoms with E-state index in [2.05, 4.69) is 0 Å². The summed E-state index contributed by atoms with van der Waals surface area (Å²) in [6.07, 6.45) is -4.31. The summed E-state index contributed by atoms with van der Waals surface area (Å²) < 4.78 is 37.1. The van der Waals surface area contributed by atoms with Crippen LogP contribution in [0.2, 0.25) is 0 Å². The van der Waals surface area contributed by atoms with Crippen LogP contribution in [0.1, 0.15) is 5.56 Å². The Bertz CT molecular complexity index is 535. The average Bonchev–Trinajstić information content (AvgIpc) is 2.28. The highest BCUT2D eigenvalue weighted by atomic mass is 32.2. The van der Waals surface area contributed by atoms with Crippen LogP contribution in [0.5, 0.6) is 5.75 Å². The fourth-order valence-electron chi connectivity index (χ4n) is 1.40. The van der Waals surface area contributed by atoms with Gasteiger partial charge in [0.1, 0.15) is 5.75 Å². The highest BCUT2D eigenvalue weighted by Gasteiger charge is 2.29. The van der Waals surface area contributed by atoms with Crippen LogP contribution in [0.3, 0.4) is 0 Å². The molecule has 0 amide bonds. The molecule has 2 rings (SSSR count). The standard InChI is InChI=1S/C13H9F3OS/c14-13(15,16)9-4-6-11(7-5-9)18-12-3-1-2-10(17)8-12/h1-8,17H. The second-order valence-electron chi connectivity index (χ2n) is 3.62. The minimum Gasteiger partial charge on any atom is -0.508 e. The third-order valence-electron chi connectivity index (χ3n) is 2.23. The maximum Gasteiger partial charge on any atom is 0.416 e. The Morgan fingerprint density at radius 3 is 2.11 bits per heavy atom. The van der Waals surface area contributed by atoms with E-state index in [1.165, 1.54) is 30.0 Å². The number of phenols is 1. The molecule has 5 heteroatoms. The number of halogens is 3. The summed E-state index contributed by atoms with van der Waals surface area (Å²) in [4.78, 5) is 1.46. The third kappa shape index (κ3) is 3.20. The van der Waals surface area contributed by atoms with Crippen molar-refractivity contribution >= 4 is 11.8 Å². The Morgan fingerprint density at radius 2 is 1.56 bits per heavy atom. The number of hydrogen-bond donors (Lipinski definition) is 1. The molecule has 0 spiro atoms. The highest BCUT2D eigenvalue weighted by molar-refractivity contribution is 7.99. The van der Waals surface area contributed by atoms with Crippen LogP contribution in [-0.2, 0) is 6.18 Å². The van der Waals surface area contributed by atoms with Crippen molar-refractivity contribution in [3.8, 4) is 5.75 Å². The summed E-state index contributed by atoms with van der Waals surface area (Å²) in [5.74, 6) is 0.131. The van der Waals surface area contributed by atoms with Crippen LogP contribution in [0.4, 0.5) is 13.2 Å². The third-order valence-corrected chi connectivity index (χ3v) is 3.23. The quantitative estimate of drug-likeness (QED) is 0.863. The summed E-state index contributed by atoms with van der Waals surface area (Å²) in [7, 11) is 0. The molecule has 0 aliphatic heterocycles. The molecular formula is C13H9F3OS. The summed E-state index contributed by atoms with van der Waals surface area (Å²) >= 11 is 1.29. The first kappa shape index (κ1) is 12.8. The molecular weight excluding hydrogens is 261 g/mol. The Hall–Kier alpha value is -1.62. The van der Waals surface area contributed by atoms with Gasteiger partial charge in [0.25, 0.3) is 0 Å². The Kier molecular flexibility index (Phi) is 3.52. The molecule has 0 radical (unpaired) electrons. The van der Waals surface area contributed by atoms with Crippen LogP contribution in [0, 0.1) is 0 Å². The van der Waals surface area contributed by atoms with Crippen molar-refractivity contribution in [2.75, 3.05) is 0 Å². The molecule has 0 bridgehead atoms. The monoisotopic (exact) mass is 270 g/mol. The van der Waals surface area contributed by atoms with E-state index < -0.39 is 11.7 Å². The lowest BCUT2D eigenvalue weighted by atomic mass is 10.2. The van der Waals surface area contributed by atoms with Gasteiger partial charge in [-0.3, -0.25) is 0 Å². The van der Waals surface area contributed by atoms with Crippen LogP contribution in [0.25, 0.3) is 0 Å². The van der Waals surface area contributed by atoms with Gasteiger partial charge in [0.2, 0.25) is 0 Å². The van der Waals surface area contributed by atoms with Crippen molar-refractivity contribution in [2.24, 2.45) is 0 Å². The lowest BCUT2D eigenvalue weighted by molar-refractivity contribution is -0.137. The molecule has 0 fully saturated rings. The number of benzene rings is 2. The van der Waals surface area contributed by atoms with E-state index in [1.807, 2.05) is 0 Å². The van der Waals surface area contributed by atoms with Gasteiger partial charge in [0.05, 0.1) is 5.56 Å². The first-order chi connectivity index (χ1) is 8.45. The predicted octanol–water partition coefficient (Wildman–Crippen LogP) is 4.56. The van der Waals surface area contributed by atoms with Crippen LogP contribution in [0.15, 0.2) is 58.3 Å². The van der Waals surface area contributed by atoms with Gasteiger partial charge in [0.15, 0.2) is 0 Å². The lowest BCUT2D eigenvalue weighted by Crippen LogP contribution is -2.03. The van der Waals surface area contributed by atoms with E-state index in [-0.39, 0.29) is 5.75 Å². The fourth-order valence-corrected chi connectivity index (χ4v) is 2.27. The molecule has 0 saturated heterocycles. The van der Waals surface area contributed by atoms with Crippen molar-refractivity contribution in [1.29, 1.82) is 0 Å². The summed E-state index contributed by atoms with van der Waals surface area (Å²) in [5, 5.41) is 9.28. The van der Waals surface area contributed by atoms with Crippen molar-refractivity contribution < 1.29 is 18.3 Å². The van der Waals surface area contributed by atoms with Crippen LogP contribution < -0.4 is 0 Å². The minimum atomic E-state index is -4.31. The molecule has 1 nitrogen and oxygen atoms in total. The number of alkyl halides is 3. The largest absolute Gasteiger partial charge is 0.508 e. The van der Waals surface area contributed by atoms with Crippen molar-refractivity contribution in [3.05, 3.63) is 54.1 Å². The van der Waals surface area contributed by atoms with E-state index >= 15 is 0 Å². The second-order valence-corrected chi connectivity index (χ2v) is 4.77. The van der Waals surface area contributed by atoms with Gasteiger partial charge in [-0.15, -0.1) is 0 Å². The maximum atomic E-state index is 12.4. The molecule has 0 heterocycles. The summed E-state index contributed by atoms with van der Waals surface area (Å²) in [5.41, 5.74) is -0.664. The molecule has 18 heavy (non-hydrogen) atoms. The number of phenolic OH excluding ortho intramolecular Hbond substituents is 1. The molecule has 94 valence electrons. The number of aromatic hydroxyl groups is 1. The van der Waals surface area contributed by atoms with Crippen molar-refractivity contribution in [1.82, 2.24) is 0 Å². The highest BCUT2D eigenvalue weighted by Crippen LogP contribution is 2.33. The topological polar surface area (TPSA) is 20.2 Å². The number of hydrogen-bond acceptors (Lipinski definition) is 2. The van der Waals surface area contributed by atoms with E-state index in [9.17, 15) is 18.3 Å². The minimum absolute atomic E-state index is 0.131. The second kappa shape index (κ2) is 4.94. The first-order valence-electron chi connectivity index (χ1n) is 5.09. The fraction of sp³-hybridized carbons (Fsp3) is 0.0769. The van der Waals surface area contributed by atoms with E-state index in [4.69, 9.17) is 0 Å². The predicted molar refractivity (Wildman–Crippen MR) is 63.7 cm³/mol. The maximum absolute atomic E-state index is 12.4. The zero-order valence-corrected chi connectivity index (χ0v) is 9.92. The molecule has 2 aromatic rings. The molecule has 0 unspecified atom stereocenters. The van der Waals surface area contributed by atoms with Crippen molar-refractivity contribution in [2.45, 2.75) is 16.0 Å². The molecule has 0 aliphatic carbocycles. The molecule has 0 atom stereocenters. The Labute approximate surface area is 106 Å². The summed E-state index contributed by atoms with van der Waals surface area (Å²) in [6, 6.07) is 11.5. The Morgan fingerprint density at radius 1 is 0.889 bits per heavy atom. The molecule has 0 saturated carbocycles. The van der Waals surface area contributed by atoms with Gasteiger partial charge in [-0.25, -0.2) is 0 Å². The van der Waals surface area contributed by atoms with Gasteiger partial charge in [0, 0.05) is 9.79 Å². The van der Waals surface area contributed by atoms with Gasteiger partial charge >= 0.3 is 6.18 Å². The summed E-state index contributed by atoms with van der Waals surface area (Å²) in [6.45, 7) is 0. The molecule has 0 aromatic heterocycles. The normalized spacial score (nSPS) is 11.5. The molecule has 0 aliphatic rings. The molecule has 1 N–H and O–H groups in total. The van der Waals surface area contributed by atoms with Gasteiger partial charge in [-0.1, -0.05) is 17.8 Å². The SMILES string of the molecule is Oc1cccc(Sc2ccc(C(F)(F)F)cc2)c1. The van der Waals surface area contributed by atoms with Crippen LogP contribution >= 0.6 is 11.8 Å². The zero-order valence-electron chi connectivity index (χ0n) is 9.11. The lowest BCUT2D eigenvalue weighted by Gasteiger charge is -2.07.